The van der Waals surface area contributed by atoms with Gasteiger partial charge in [-0.3, -0.25) is 4.79 Å². The number of carbonyl (C=O) groups is 2. The molecule has 2 aliphatic rings. The first-order valence-corrected chi connectivity index (χ1v) is 14.3. The van der Waals surface area contributed by atoms with Crippen LogP contribution in [0.25, 0.3) is 10.8 Å². The van der Waals surface area contributed by atoms with E-state index in [4.69, 9.17) is 9.47 Å². The molecule has 0 atom stereocenters. The Balaban J connectivity index is 1.46. The van der Waals surface area contributed by atoms with E-state index < -0.39 is 34.1 Å². The first-order chi connectivity index (χ1) is 18.9. The summed E-state index contributed by atoms with van der Waals surface area (Å²) in [6, 6.07) is 16.0. The second kappa shape index (κ2) is 10.5. The van der Waals surface area contributed by atoms with Crippen LogP contribution in [0.15, 0.2) is 54.6 Å². The summed E-state index contributed by atoms with van der Waals surface area (Å²) in [5, 5.41) is 0.694. The molecule has 0 aliphatic carbocycles. The van der Waals surface area contributed by atoms with Gasteiger partial charge >= 0.3 is 16.3 Å². The van der Waals surface area contributed by atoms with Gasteiger partial charge in [-0.2, -0.15) is 8.42 Å². The average molecular weight is 571 g/mol. The smallest absolute Gasteiger partial charge is 0.410 e. The first-order valence-electron chi connectivity index (χ1n) is 12.9. The molecule has 12 heteroatoms. The zero-order valence-electron chi connectivity index (χ0n) is 22.5. The molecule has 10 nitrogen and oxygen atoms in total. The number of hydrogen-bond donors (Lipinski definition) is 1. The van der Waals surface area contributed by atoms with Crippen molar-refractivity contribution in [3.63, 3.8) is 0 Å². The van der Waals surface area contributed by atoms with Gasteiger partial charge in [-0.1, -0.05) is 36.4 Å². The Morgan fingerprint density at radius 2 is 1.73 bits per heavy atom. The number of carbonyl (C=O) groups excluding carboxylic acids is 2. The van der Waals surface area contributed by atoms with E-state index in [0.29, 0.717) is 35.9 Å². The van der Waals surface area contributed by atoms with Crippen molar-refractivity contribution in [2.45, 2.75) is 33.0 Å². The highest BCUT2D eigenvalue weighted by Gasteiger charge is 2.38. The molecule has 2 fully saturated rings. The van der Waals surface area contributed by atoms with E-state index in [0.717, 1.165) is 11.3 Å². The maximum Gasteiger partial charge on any atom is 0.410 e. The van der Waals surface area contributed by atoms with E-state index in [1.165, 1.54) is 0 Å². The summed E-state index contributed by atoms with van der Waals surface area (Å²) in [5.74, 6) is -1.56. The number of hydrogen-bond acceptors (Lipinski definition) is 7. The van der Waals surface area contributed by atoms with Crippen LogP contribution >= 0.6 is 0 Å². The van der Waals surface area contributed by atoms with Crippen LogP contribution in [0.5, 0.6) is 5.75 Å². The number of rotatable bonds is 5. The topological polar surface area (TPSA) is 108 Å². The van der Waals surface area contributed by atoms with Crippen LogP contribution in [0.2, 0.25) is 0 Å². The molecule has 2 saturated heterocycles. The summed E-state index contributed by atoms with van der Waals surface area (Å²) < 4.78 is 55.6. The fourth-order valence-electron chi connectivity index (χ4n) is 4.70. The number of nitrogens with zero attached hydrogens (tertiary/aromatic N) is 3. The van der Waals surface area contributed by atoms with E-state index in [9.17, 15) is 18.0 Å². The predicted molar refractivity (Wildman–Crippen MR) is 149 cm³/mol. The van der Waals surface area contributed by atoms with E-state index in [1.54, 1.807) is 23.1 Å². The van der Waals surface area contributed by atoms with Crippen molar-refractivity contribution in [1.82, 2.24) is 9.62 Å². The molecule has 2 aliphatic heterocycles. The fourth-order valence-corrected chi connectivity index (χ4v) is 5.86. The Morgan fingerprint density at radius 1 is 1.02 bits per heavy atom. The quantitative estimate of drug-likeness (QED) is 0.497. The molecule has 0 aromatic heterocycles. The standard InChI is InChI=1S/C28H31FN4O6S/c1-28(2,3)39-27(35)32-13-11-31(12-14-32)21-10-9-20-15-23(38-18-19-7-5-4-6-8-19)26(25(29)22(20)16-21)33-17-24(34)30-40(33,36)37/h4-10,15-16H,11-14,17-18H2,1-3H3,(H,30,34). The van der Waals surface area contributed by atoms with Gasteiger partial charge in [-0.05, 0) is 49.9 Å². The second-order valence-corrected chi connectivity index (χ2v) is 12.3. The Morgan fingerprint density at radius 3 is 2.35 bits per heavy atom. The van der Waals surface area contributed by atoms with Crippen LogP contribution in [0.4, 0.5) is 20.6 Å². The predicted octanol–water partition coefficient (Wildman–Crippen LogP) is 3.80. The summed E-state index contributed by atoms with van der Waals surface area (Å²) in [7, 11) is -4.29. The van der Waals surface area contributed by atoms with E-state index >= 15 is 4.39 Å². The van der Waals surface area contributed by atoms with Crippen LogP contribution in [0, 0.1) is 5.82 Å². The highest BCUT2D eigenvalue weighted by molar-refractivity contribution is 7.92. The second-order valence-electron chi connectivity index (χ2n) is 10.7. The molecule has 0 radical (unpaired) electrons. The van der Waals surface area contributed by atoms with Crippen molar-refractivity contribution in [2.24, 2.45) is 0 Å². The molecule has 5 rings (SSSR count). The third-order valence-electron chi connectivity index (χ3n) is 6.60. The highest BCUT2D eigenvalue weighted by atomic mass is 32.2. The average Bonchev–Trinajstić information content (AvgIpc) is 3.18. The number of benzene rings is 3. The Hall–Kier alpha value is -4.06. The van der Waals surface area contributed by atoms with Crippen LogP contribution < -0.4 is 18.7 Å². The van der Waals surface area contributed by atoms with Crippen molar-refractivity contribution < 1.29 is 31.9 Å². The van der Waals surface area contributed by atoms with Crippen LogP contribution in [0.1, 0.15) is 26.3 Å². The molecular formula is C28H31FN4O6S. The molecule has 0 spiro atoms. The number of nitrogens with one attached hydrogen (secondary N) is 1. The van der Waals surface area contributed by atoms with E-state index in [2.05, 4.69) is 0 Å². The lowest BCUT2D eigenvalue weighted by Crippen LogP contribution is -2.50. The molecule has 2 amide bonds. The largest absolute Gasteiger partial charge is 0.487 e. The van der Waals surface area contributed by atoms with E-state index in [-0.39, 0.29) is 29.5 Å². The van der Waals surface area contributed by atoms with Gasteiger partial charge < -0.3 is 19.3 Å². The molecule has 40 heavy (non-hydrogen) atoms. The third-order valence-corrected chi connectivity index (χ3v) is 7.98. The number of amides is 2. The van der Waals surface area contributed by atoms with Gasteiger partial charge in [0.1, 0.15) is 30.2 Å². The van der Waals surface area contributed by atoms with Gasteiger partial charge in [-0.25, -0.2) is 18.2 Å². The van der Waals surface area contributed by atoms with Gasteiger partial charge in [0.15, 0.2) is 5.82 Å². The number of anilines is 2. The van der Waals surface area contributed by atoms with Crippen molar-refractivity contribution in [2.75, 3.05) is 41.9 Å². The zero-order valence-corrected chi connectivity index (χ0v) is 23.3. The van der Waals surface area contributed by atoms with Gasteiger partial charge in [-0.15, -0.1) is 0 Å². The SMILES string of the molecule is CC(C)(C)OC(=O)N1CCN(c2ccc3cc(OCc4ccccc4)c(N4CC(=O)NS4(=O)=O)c(F)c3c2)CC1. The molecule has 0 unspecified atom stereocenters. The Bertz CT molecular complexity index is 1550. The third kappa shape index (κ3) is 5.76. The summed E-state index contributed by atoms with van der Waals surface area (Å²) in [4.78, 5) is 28.1. The molecule has 1 N–H and O–H groups in total. The number of fused-ring (bicyclic) bond motifs is 1. The normalized spacial score (nSPS) is 17.2. The highest BCUT2D eigenvalue weighted by Crippen LogP contribution is 2.40. The van der Waals surface area contributed by atoms with Crippen LogP contribution in [-0.2, 0) is 26.3 Å². The van der Waals surface area contributed by atoms with Gasteiger partial charge in [0, 0.05) is 37.3 Å². The number of ether oxygens (including phenoxy) is 2. The van der Waals surface area contributed by atoms with Crippen LogP contribution in [0.3, 0.4) is 0 Å². The zero-order chi connectivity index (χ0) is 28.7. The Labute approximate surface area is 232 Å². The summed E-state index contributed by atoms with van der Waals surface area (Å²) in [6.45, 7) is 6.86. The van der Waals surface area contributed by atoms with Crippen molar-refractivity contribution in [3.8, 4) is 5.75 Å². The Kier molecular flexibility index (Phi) is 7.21. The fraction of sp³-hybridized carbons (Fsp3) is 0.357. The molecule has 3 aromatic rings. The molecule has 212 valence electrons. The molecule has 0 bridgehead atoms. The van der Waals surface area contributed by atoms with Gasteiger partial charge in [0.25, 0.3) is 5.91 Å². The minimum Gasteiger partial charge on any atom is -0.487 e. The molecule has 3 aromatic carbocycles. The van der Waals surface area contributed by atoms with Gasteiger partial charge in [0.2, 0.25) is 0 Å². The van der Waals surface area contributed by atoms with Gasteiger partial charge in [0.05, 0.1) is 0 Å². The van der Waals surface area contributed by atoms with Crippen molar-refractivity contribution in [1.29, 1.82) is 0 Å². The molecular weight excluding hydrogens is 539 g/mol. The lowest BCUT2D eigenvalue weighted by atomic mass is 10.1. The maximum absolute atomic E-state index is 16.2. The van der Waals surface area contributed by atoms with Crippen LogP contribution in [-0.4, -0.2) is 63.6 Å². The minimum absolute atomic E-state index is 0.00709. The molecule has 0 saturated carbocycles. The summed E-state index contributed by atoms with van der Waals surface area (Å²) in [6.07, 6.45) is -0.376. The lowest BCUT2D eigenvalue weighted by Gasteiger charge is -2.36. The maximum atomic E-state index is 16.2. The van der Waals surface area contributed by atoms with E-state index in [1.807, 2.05) is 66.8 Å². The molecule has 2 heterocycles. The minimum atomic E-state index is -4.29. The monoisotopic (exact) mass is 570 g/mol. The first kappa shape index (κ1) is 27.5. The summed E-state index contributed by atoms with van der Waals surface area (Å²) >= 11 is 0. The summed E-state index contributed by atoms with van der Waals surface area (Å²) in [5.41, 5.74) is 0.619. The van der Waals surface area contributed by atoms with Crippen molar-refractivity contribution in [3.05, 3.63) is 66.0 Å². The van der Waals surface area contributed by atoms with Crippen molar-refractivity contribution >= 4 is 44.4 Å². The number of halogens is 1. The lowest BCUT2D eigenvalue weighted by molar-refractivity contribution is -0.117. The number of piperazine rings is 1.